The van der Waals surface area contributed by atoms with Crippen LogP contribution in [0, 0.1) is 6.92 Å². The predicted molar refractivity (Wildman–Crippen MR) is 112 cm³/mol. The number of aromatic nitrogens is 2. The van der Waals surface area contributed by atoms with E-state index in [0.29, 0.717) is 23.7 Å². The number of nitrogens with zero attached hydrogens (tertiary/aromatic N) is 3. The largest absolute Gasteiger partial charge is 0.489 e. The summed E-state index contributed by atoms with van der Waals surface area (Å²) in [5, 5.41) is 4.27. The highest BCUT2D eigenvalue weighted by atomic mass is 35.5. The average molecular weight is 426 g/mol. The fourth-order valence-electron chi connectivity index (χ4n) is 3.55. The molecule has 7 nitrogen and oxygen atoms in total. The number of carbonyl (C=O) groups is 2. The van der Waals surface area contributed by atoms with E-state index in [2.05, 4.69) is 5.10 Å². The third-order valence-electron chi connectivity index (χ3n) is 4.97. The number of carbonyl (C=O) groups excluding carboxylic acids is 2. The Labute approximate surface area is 178 Å². The predicted octanol–water partition coefficient (Wildman–Crippen LogP) is 3.71. The zero-order chi connectivity index (χ0) is 21.3. The zero-order valence-electron chi connectivity index (χ0n) is 16.5. The number of fused-ring (bicyclic) bond motifs is 1. The van der Waals surface area contributed by atoms with Crippen molar-refractivity contribution in [1.29, 1.82) is 0 Å². The molecular formula is C22H20ClN3O4. The molecule has 1 atom stereocenters. The van der Waals surface area contributed by atoms with Crippen molar-refractivity contribution in [3.63, 3.8) is 0 Å². The first kappa shape index (κ1) is 20.0. The van der Waals surface area contributed by atoms with E-state index in [1.807, 2.05) is 54.6 Å². The number of para-hydroxylation sites is 2. The van der Waals surface area contributed by atoms with Gasteiger partial charge in [-0.15, -0.1) is 0 Å². The molecule has 0 aliphatic carbocycles. The van der Waals surface area contributed by atoms with Gasteiger partial charge in [0.1, 0.15) is 23.1 Å². The molecule has 3 aromatic rings. The maximum absolute atomic E-state index is 13.2. The molecule has 1 unspecified atom stereocenters. The molecule has 0 spiro atoms. The maximum Gasteiger partial charge on any atom is 0.343 e. The van der Waals surface area contributed by atoms with Crippen molar-refractivity contribution >= 4 is 29.2 Å². The molecule has 8 heteroatoms. The highest BCUT2D eigenvalue weighted by Gasteiger charge is 2.34. The minimum Gasteiger partial charge on any atom is -0.489 e. The third kappa shape index (κ3) is 3.64. The smallest absolute Gasteiger partial charge is 0.343 e. The first-order valence-electron chi connectivity index (χ1n) is 9.42. The van der Waals surface area contributed by atoms with Crippen LogP contribution in [0.5, 0.6) is 5.75 Å². The van der Waals surface area contributed by atoms with Crippen molar-refractivity contribution in [1.82, 2.24) is 9.78 Å². The molecule has 154 valence electrons. The summed E-state index contributed by atoms with van der Waals surface area (Å²) >= 11 is 6.13. The maximum atomic E-state index is 13.2. The van der Waals surface area contributed by atoms with Gasteiger partial charge in [-0.3, -0.25) is 14.4 Å². The van der Waals surface area contributed by atoms with E-state index >= 15 is 0 Å². The molecule has 1 aliphatic rings. The number of rotatable bonds is 4. The summed E-state index contributed by atoms with van der Waals surface area (Å²) in [6.45, 7) is 1.53. The van der Waals surface area contributed by atoms with Crippen LogP contribution >= 0.6 is 11.6 Å². The SMILES string of the molecule is Cc1nn(C)c(Cl)c1C(=O)OCC(=O)N1c2ccccc2OCC1c1ccccc1. The van der Waals surface area contributed by atoms with Gasteiger partial charge >= 0.3 is 5.97 Å². The molecule has 2 heterocycles. The van der Waals surface area contributed by atoms with Gasteiger partial charge in [0, 0.05) is 7.05 Å². The number of ether oxygens (including phenoxy) is 2. The molecule has 0 fully saturated rings. The summed E-state index contributed by atoms with van der Waals surface area (Å²) in [5.41, 5.74) is 2.17. The molecule has 0 bridgehead atoms. The summed E-state index contributed by atoms with van der Waals surface area (Å²) in [5.74, 6) is -0.433. The van der Waals surface area contributed by atoms with Crippen LogP contribution in [0.1, 0.15) is 27.7 Å². The first-order chi connectivity index (χ1) is 14.5. The number of benzene rings is 2. The van der Waals surface area contributed by atoms with Crippen molar-refractivity contribution in [2.75, 3.05) is 18.1 Å². The third-order valence-corrected chi connectivity index (χ3v) is 5.40. The van der Waals surface area contributed by atoms with Crippen molar-refractivity contribution in [2.45, 2.75) is 13.0 Å². The quantitative estimate of drug-likeness (QED) is 0.596. The van der Waals surface area contributed by atoms with Crippen molar-refractivity contribution in [3.8, 4) is 5.75 Å². The fraction of sp³-hybridized carbons (Fsp3) is 0.227. The Morgan fingerprint density at radius 1 is 1.17 bits per heavy atom. The Hall–Kier alpha value is -3.32. The van der Waals surface area contributed by atoms with Gasteiger partial charge in [0.15, 0.2) is 6.61 Å². The summed E-state index contributed by atoms with van der Waals surface area (Å²) in [4.78, 5) is 27.3. The van der Waals surface area contributed by atoms with Crippen LogP contribution in [0.15, 0.2) is 54.6 Å². The minimum absolute atomic E-state index is 0.161. The lowest BCUT2D eigenvalue weighted by Crippen LogP contribution is -2.43. The fourth-order valence-corrected chi connectivity index (χ4v) is 3.80. The normalized spacial score (nSPS) is 15.3. The Kier molecular flexibility index (Phi) is 5.46. The highest BCUT2D eigenvalue weighted by molar-refractivity contribution is 6.32. The lowest BCUT2D eigenvalue weighted by Gasteiger charge is -2.37. The minimum atomic E-state index is -0.684. The number of anilines is 1. The van der Waals surface area contributed by atoms with Crippen LogP contribution in [-0.2, 0) is 16.6 Å². The Morgan fingerprint density at radius 2 is 1.87 bits per heavy atom. The van der Waals surface area contributed by atoms with Crippen LogP contribution in [0.4, 0.5) is 5.69 Å². The van der Waals surface area contributed by atoms with E-state index in [4.69, 9.17) is 21.1 Å². The van der Waals surface area contributed by atoms with Gasteiger partial charge in [-0.2, -0.15) is 5.10 Å². The van der Waals surface area contributed by atoms with Gasteiger partial charge in [0.05, 0.1) is 17.4 Å². The molecule has 0 N–H and O–H groups in total. The van der Waals surface area contributed by atoms with Crippen LogP contribution < -0.4 is 9.64 Å². The molecule has 0 saturated heterocycles. The number of aryl methyl sites for hydroxylation is 2. The van der Waals surface area contributed by atoms with Gasteiger partial charge in [-0.05, 0) is 24.6 Å². The summed E-state index contributed by atoms with van der Waals surface area (Å²) < 4.78 is 12.6. The topological polar surface area (TPSA) is 73.7 Å². The number of halogens is 1. The summed E-state index contributed by atoms with van der Waals surface area (Å²) in [6.07, 6.45) is 0. The molecular weight excluding hydrogens is 406 g/mol. The van der Waals surface area contributed by atoms with E-state index in [1.54, 1.807) is 18.9 Å². The van der Waals surface area contributed by atoms with E-state index in [9.17, 15) is 9.59 Å². The highest BCUT2D eigenvalue weighted by Crippen LogP contribution is 2.39. The molecule has 4 rings (SSSR count). The monoisotopic (exact) mass is 425 g/mol. The van der Waals surface area contributed by atoms with E-state index in [-0.39, 0.29) is 22.7 Å². The van der Waals surface area contributed by atoms with Gasteiger partial charge in [0.25, 0.3) is 5.91 Å². The number of amides is 1. The van der Waals surface area contributed by atoms with Crippen LogP contribution in [0.2, 0.25) is 5.15 Å². The van der Waals surface area contributed by atoms with Crippen LogP contribution in [-0.4, -0.2) is 34.9 Å². The Morgan fingerprint density at radius 3 is 2.57 bits per heavy atom. The standard InChI is InChI=1S/C22H20ClN3O4/c1-14-20(21(23)25(2)24-14)22(28)30-13-19(27)26-16-10-6-7-11-18(16)29-12-17(26)15-8-4-3-5-9-15/h3-11,17H,12-13H2,1-2H3. The van der Waals surface area contributed by atoms with Gasteiger partial charge in [0.2, 0.25) is 0 Å². The van der Waals surface area contributed by atoms with E-state index in [1.165, 1.54) is 4.68 Å². The van der Waals surface area contributed by atoms with Gasteiger partial charge in [-0.1, -0.05) is 54.1 Å². The zero-order valence-corrected chi connectivity index (χ0v) is 17.3. The molecule has 2 aromatic carbocycles. The first-order valence-corrected chi connectivity index (χ1v) is 9.80. The lowest BCUT2D eigenvalue weighted by atomic mass is 10.0. The van der Waals surface area contributed by atoms with E-state index < -0.39 is 12.6 Å². The molecule has 0 saturated carbocycles. The molecule has 1 aliphatic heterocycles. The van der Waals surface area contributed by atoms with Gasteiger partial charge in [-0.25, -0.2) is 4.79 Å². The average Bonchev–Trinajstić information content (AvgIpc) is 3.02. The molecule has 30 heavy (non-hydrogen) atoms. The molecule has 1 aromatic heterocycles. The lowest BCUT2D eigenvalue weighted by molar-refractivity contribution is -0.122. The number of esters is 1. The van der Waals surface area contributed by atoms with E-state index in [0.717, 1.165) is 5.56 Å². The second kappa shape index (κ2) is 8.20. The Balaban J connectivity index is 1.59. The molecule has 1 amide bonds. The van der Waals surface area contributed by atoms with Crippen LogP contribution in [0.25, 0.3) is 0 Å². The van der Waals surface area contributed by atoms with Crippen molar-refractivity contribution < 1.29 is 19.1 Å². The number of hydrogen-bond donors (Lipinski definition) is 0. The van der Waals surface area contributed by atoms with Crippen molar-refractivity contribution in [2.24, 2.45) is 7.05 Å². The van der Waals surface area contributed by atoms with Crippen LogP contribution in [0.3, 0.4) is 0 Å². The second-order valence-electron chi connectivity index (χ2n) is 6.92. The second-order valence-corrected chi connectivity index (χ2v) is 7.28. The van der Waals surface area contributed by atoms with Crippen molar-refractivity contribution in [3.05, 3.63) is 76.6 Å². The number of hydrogen-bond acceptors (Lipinski definition) is 5. The molecule has 0 radical (unpaired) electrons. The van der Waals surface area contributed by atoms with Gasteiger partial charge < -0.3 is 9.47 Å². The summed E-state index contributed by atoms with van der Waals surface area (Å²) in [6, 6.07) is 16.6. The Bertz CT molecular complexity index is 1100. The summed E-state index contributed by atoms with van der Waals surface area (Å²) in [7, 11) is 1.63.